The standard InChI is InChI=1S/C10H11F3N2O3S/c1-5-3-4-7(15-6(2)16)9(8(5)14)19(17,18)10(11,12)13/h3-4H,14H2,1-2H3,(H,15,16). The van der Waals surface area contributed by atoms with Crippen LogP contribution in [0, 0.1) is 6.92 Å². The van der Waals surface area contributed by atoms with Gasteiger partial charge >= 0.3 is 5.51 Å². The number of nitrogens with two attached hydrogens (primary N) is 1. The van der Waals surface area contributed by atoms with Crippen molar-refractivity contribution in [1.82, 2.24) is 0 Å². The Morgan fingerprint density at radius 3 is 2.26 bits per heavy atom. The van der Waals surface area contributed by atoms with Crippen LogP contribution in [0.2, 0.25) is 0 Å². The molecule has 0 heterocycles. The van der Waals surface area contributed by atoms with Crippen LogP contribution in [0.25, 0.3) is 0 Å². The number of nitrogens with one attached hydrogen (secondary N) is 1. The quantitative estimate of drug-likeness (QED) is 0.815. The van der Waals surface area contributed by atoms with Crippen LogP contribution in [-0.2, 0) is 14.6 Å². The number of carbonyl (C=O) groups excluding carboxylic acids is 1. The molecule has 9 heteroatoms. The van der Waals surface area contributed by atoms with Gasteiger partial charge in [-0.25, -0.2) is 8.42 Å². The molecule has 0 atom stereocenters. The van der Waals surface area contributed by atoms with Gasteiger partial charge in [-0.3, -0.25) is 4.79 Å². The van der Waals surface area contributed by atoms with Crippen molar-refractivity contribution in [3.05, 3.63) is 17.7 Å². The second-order valence-corrected chi connectivity index (χ2v) is 5.68. The third kappa shape index (κ3) is 2.80. The van der Waals surface area contributed by atoms with E-state index in [1.165, 1.54) is 13.0 Å². The smallest absolute Gasteiger partial charge is 0.397 e. The van der Waals surface area contributed by atoms with E-state index in [1.807, 2.05) is 5.32 Å². The topological polar surface area (TPSA) is 89.3 Å². The number of amides is 1. The number of nitrogen functional groups attached to an aromatic ring is 1. The number of halogens is 3. The van der Waals surface area contributed by atoms with E-state index in [-0.39, 0.29) is 5.56 Å². The molecule has 106 valence electrons. The van der Waals surface area contributed by atoms with E-state index >= 15 is 0 Å². The maximum Gasteiger partial charge on any atom is 0.502 e. The summed E-state index contributed by atoms with van der Waals surface area (Å²) in [6.45, 7) is 2.41. The van der Waals surface area contributed by atoms with Crippen molar-refractivity contribution >= 4 is 27.1 Å². The zero-order valence-electron chi connectivity index (χ0n) is 10.00. The molecule has 0 aliphatic heterocycles. The van der Waals surface area contributed by atoms with Crippen molar-refractivity contribution in [1.29, 1.82) is 0 Å². The lowest BCUT2D eigenvalue weighted by atomic mass is 10.2. The highest BCUT2D eigenvalue weighted by molar-refractivity contribution is 7.92. The molecule has 1 aromatic rings. The molecule has 0 fully saturated rings. The summed E-state index contributed by atoms with van der Waals surface area (Å²) in [4.78, 5) is 9.78. The van der Waals surface area contributed by atoms with Gasteiger partial charge in [-0.2, -0.15) is 13.2 Å². The highest BCUT2D eigenvalue weighted by atomic mass is 32.2. The van der Waals surface area contributed by atoms with Crippen molar-refractivity contribution in [3.8, 4) is 0 Å². The molecule has 0 radical (unpaired) electrons. The number of anilines is 2. The predicted octanol–water partition coefficient (Wildman–Crippen LogP) is 1.83. The first kappa shape index (κ1) is 15.3. The highest BCUT2D eigenvalue weighted by Crippen LogP contribution is 2.39. The molecule has 1 rings (SSSR count). The molecule has 19 heavy (non-hydrogen) atoms. The fraction of sp³-hybridized carbons (Fsp3) is 0.300. The summed E-state index contributed by atoms with van der Waals surface area (Å²) in [5, 5.41) is 2.02. The fourth-order valence-electron chi connectivity index (χ4n) is 1.39. The van der Waals surface area contributed by atoms with Gasteiger partial charge in [-0.05, 0) is 18.6 Å². The van der Waals surface area contributed by atoms with E-state index in [1.54, 1.807) is 0 Å². The lowest BCUT2D eigenvalue weighted by molar-refractivity contribution is -0.114. The van der Waals surface area contributed by atoms with Gasteiger partial charge in [0.15, 0.2) is 0 Å². The fourth-order valence-corrected chi connectivity index (χ4v) is 2.48. The summed E-state index contributed by atoms with van der Waals surface area (Å²) in [5.41, 5.74) is -0.954. The van der Waals surface area contributed by atoms with Crippen molar-refractivity contribution in [3.63, 3.8) is 0 Å². The molecule has 0 unspecified atom stereocenters. The van der Waals surface area contributed by atoms with Gasteiger partial charge in [0.2, 0.25) is 5.91 Å². The van der Waals surface area contributed by atoms with E-state index in [4.69, 9.17) is 5.73 Å². The second-order valence-electron chi connectivity index (χ2n) is 3.80. The first-order valence-corrected chi connectivity index (χ1v) is 6.45. The zero-order valence-corrected chi connectivity index (χ0v) is 10.8. The number of alkyl halides is 3. The molecule has 5 nitrogen and oxygen atoms in total. The number of hydrogen-bond donors (Lipinski definition) is 2. The molecular weight excluding hydrogens is 285 g/mol. The summed E-state index contributed by atoms with van der Waals surface area (Å²) >= 11 is 0. The predicted molar refractivity (Wildman–Crippen MR) is 63.1 cm³/mol. The summed E-state index contributed by atoms with van der Waals surface area (Å²) in [7, 11) is -5.65. The summed E-state index contributed by atoms with van der Waals surface area (Å²) < 4.78 is 60.7. The van der Waals surface area contributed by atoms with Gasteiger partial charge in [0, 0.05) is 6.92 Å². The average molecular weight is 296 g/mol. The normalized spacial score (nSPS) is 12.3. The Morgan fingerprint density at radius 1 is 1.32 bits per heavy atom. The third-order valence-electron chi connectivity index (χ3n) is 2.30. The Bertz CT molecular complexity index is 624. The van der Waals surface area contributed by atoms with E-state index < -0.39 is 37.5 Å². The summed E-state index contributed by atoms with van der Waals surface area (Å²) in [5.74, 6) is -0.707. The van der Waals surface area contributed by atoms with Gasteiger partial charge in [-0.1, -0.05) is 6.07 Å². The molecule has 0 bridgehead atoms. The molecule has 0 aliphatic rings. The molecule has 0 saturated heterocycles. The van der Waals surface area contributed by atoms with E-state index in [0.29, 0.717) is 0 Å². The van der Waals surface area contributed by atoms with Crippen LogP contribution in [0.3, 0.4) is 0 Å². The van der Waals surface area contributed by atoms with Crippen molar-refractivity contribution in [2.45, 2.75) is 24.3 Å². The van der Waals surface area contributed by atoms with Gasteiger partial charge in [-0.15, -0.1) is 0 Å². The summed E-state index contributed by atoms with van der Waals surface area (Å²) in [6, 6.07) is 2.38. The van der Waals surface area contributed by atoms with Crippen molar-refractivity contribution < 1.29 is 26.4 Å². The number of rotatable bonds is 2. The lowest BCUT2D eigenvalue weighted by Gasteiger charge is -2.16. The first-order chi connectivity index (χ1) is 8.48. The highest BCUT2D eigenvalue weighted by Gasteiger charge is 2.49. The molecule has 1 aromatic carbocycles. The minimum Gasteiger partial charge on any atom is -0.397 e. The molecule has 0 spiro atoms. The molecule has 3 N–H and O–H groups in total. The molecule has 0 saturated carbocycles. The zero-order chi connectivity index (χ0) is 15.0. The number of sulfone groups is 1. The van der Waals surface area contributed by atoms with Crippen molar-refractivity contribution in [2.24, 2.45) is 0 Å². The molecular formula is C10H11F3N2O3S. The maximum absolute atomic E-state index is 12.6. The average Bonchev–Trinajstić information content (AvgIpc) is 2.21. The van der Waals surface area contributed by atoms with Crippen LogP contribution in [0.1, 0.15) is 12.5 Å². The molecule has 1 amide bonds. The Kier molecular flexibility index (Phi) is 3.80. The SMILES string of the molecule is CC(=O)Nc1ccc(C)c(N)c1S(=O)(=O)C(F)(F)F. The lowest BCUT2D eigenvalue weighted by Crippen LogP contribution is -2.26. The van der Waals surface area contributed by atoms with Crippen LogP contribution in [-0.4, -0.2) is 19.8 Å². The van der Waals surface area contributed by atoms with Crippen LogP contribution >= 0.6 is 0 Å². The van der Waals surface area contributed by atoms with Gasteiger partial charge in [0.05, 0.1) is 11.4 Å². The third-order valence-corrected chi connectivity index (χ3v) is 3.88. The maximum atomic E-state index is 12.6. The van der Waals surface area contributed by atoms with Crippen LogP contribution < -0.4 is 11.1 Å². The first-order valence-electron chi connectivity index (χ1n) is 4.96. The number of hydrogen-bond acceptors (Lipinski definition) is 4. The van der Waals surface area contributed by atoms with Crippen LogP contribution in [0.4, 0.5) is 24.5 Å². The minimum atomic E-state index is -5.65. The van der Waals surface area contributed by atoms with Gasteiger partial charge < -0.3 is 11.1 Å². The Labute approximate surface area is 107 Å². The number of benzene rings is 1. The largest absolute Gasteiger partial charge is 0.502 e. The van der Waals surface area contributed by atoms with Gasteiger partial charge in [0.25, 0.3) is 9.84 Å². The molecule has 0 aromatic heterocycles. The monoisotopic (exact) mass is 296 g/mol. The van der Waals surface area contributed by atoms with Crippen LogP contribution in [0.15, 0.2) is 17.0 Å². The van der Waals surface area contributed by atoms with E-state index in [2.05, 4.69) is 0 Å². The number of carbonyl (C=O) groups is 1. The Morgan fingerprint density at radius 2 is 1.84 bits per heavy atom. The van der Waals surface area contributed by atoms with Crippen molar-refractivity contribution in [2.75, 3.05) is 11.1 Å². The van der Waals surface area contributed by atoms with Crippen LogP contribution in [0.5, 0.6) is 0 Å². The summed E-state index contributed by atoms with van der Waals surface area (Å²) in [6.07, 6.45) is 0. The molecule has 0 aliphatic carbocycles. The Hall–Kier alpha value is -1.77. The van der Waals surface area contributed by atoms with Gasteiger partial charge in [0.1, 0.15) is 4.90 Å². The van der Waals surface area contributed by atoms with E-state index in [0.717, 1.165) is 13.0 Å². The Balaban J connectivity index is 3.66. The number of aryl methyl sites for hydroxylation is 1. The van der Waals surface area contributed by atoms with E-state index in [9.17, 15) is 26.4 Å². The second kappa shape index (κ2) is 4.72. The minimum absolute atomic E-state index is 0.164.